The molecule has 2 rings (SSSR count). The summed E-state index contributed by atoms with van der Waals surface area (Å²) in [5, 5.41) is 11.1. The highest BCUT2D eigenvalue weighted by Crippen LogP contribution is 2.32. The Bertz CT molecular complexity index is 821. The average Bonchev–Trinajstić information content (AvgIpc) is 2.66. The summed E-state index contributed by atoms with van der Waals surface area (Å²) in [5.41, 5.74) is 0.693. The van der Waals surface area contributed by atoms with Gasteiger partial charge in [0.2, 0.25) is 0 Å². The zero-order valence-electron chi connectivity index (χ0n) is 15.0. The van der Waals surface area contributed by atoms with Gasteiger partial charge in [-0.05, 0) is 18.2 Å². The number of methoxy groups -OCH3 is 3. The first kappa shape index (κ1) is 19.0. The third-order valence-corrected chi connectivity index (χ3v) is 3.86. The largest absolute Gasteiger partial charge is 0.493 e. The number of benzene rings is 2. The van der Waals surface area contributed by atoms with Crippen LogP contribution in [-0.2, 0) is 6.54 Å². The first-order valence-corrected chi connectivity index (χ1v) is 7.70. The van der Waals surface area contributed by atoms with Crippen molar-refractivity contribution >= 4 is 11.6 Å². The van der Waals surface area contributed by atoms with Gasteiger partial charge in [-0.1, -0.05) is 12.1 Å². The number of carbonyl (C=O) groups excluding carboxylic acids is 1. The second-order valence-corrected chi connectivity index (χ2v) is 5.46. The molecule has 1 amide bonds. The second-order valence-electron chi connectivity index (χ2n) is 5.46. The number of nitro groups is 1. The van der Waals surface area contributed by atoms with Crippen molar-refractivity contribution in [1.29, 1.82) is 0 Å². The van der Waals surface area contributed by atoms with Gasteiger partial charge in [0, 0.05) is 30.8 Å². The predicted octanol–water partition coefficient (Wildman–Crippen LogP) is 2.89. The molecular weight excluding hydrogens is 340 g/mol. The first-order chi connectivity index (χ1) is 12.4. The summed E-state index contributed by atoms with van der Waals surface area (Å²) in [4.78, 5) is 24.7. The molecule has 0 heterocycles. The lowest BCUT2D eigenvalue weighted by molar-refractivity contribution is -0.385. The van der Waals surface area contributed by atoms with E-state index in [2.05, 4.69) is 0 Å². The molecule has 0 saturated carbocycles. The summed E-state index contributed by atoms with van der Waals surface area (Å²) < 4.78 is 15.6. The van der Waals surface area contributed by atoms with Crippen LogP contribution in [-0.4, -0.2) is 44.1 Å². The lowest BCUT2D eigenvalue weighted by Crippen LogP contribution is -2.26. The number of amides is 1. The fourth-order valence-electron chi connectivity index (χ4n) is 2.59. The molecule has 0 aliphatic heterocycles. The van der Waals surface area contributed by atoms with Crippen LogP contribution in [0.4, 0.5) is 5.69 Å². The highest BCUT2D eigenvalue weighted by atomic mass is 16.6. The Labute approximate surface area is 151 Å². The van der Waals surface area contributed by atoms with Crippen molar-refractivity contribution in [3.63, 3.8) is 0 Å². The van der Waals surface area contributed by atoms with Crippen LogP contribution < -0.4 is 14.2 Å². The Balaban J connectivity index is 2.28. The van der Waals surface area contributed by atoms with Gasteiger partial charge in [0.15, 0.2) is 17.2 Å². The van der Waals surface area contributed by atoms with Crippen molar-refractivity contribution in [3.8, 4) is 17.2 Å². The van der Waals surface area contributed by atoms with Crippen LogP contribution >= 0.6 is 0 Å². The Hall–Kier alpha value is -3.29. The van der Waals surface area contributed by atoms with Gasteiger partial charge in [0.05, 0.1) is 26.3 Å². The Kier molecular flexibility index (Phi) is 6.00. The van der Waals surface area contributed by atoms with Crippen LogP contribution in [0.5, 0.6) is 17.2 Å². The number of hydrogen-bond donors (Lipinski definition) is 0. The van der Waals surface area contributed by atoms with Gasteiger partial charge in [0.25, 0.3) is 5.91 Å². The predicted molar refractivity (Wildman–Crippen MR) is 95.0 cm³/mol. The molecule has 8 heteroatoms. The fraction of sp³-hybridized carbons (Fsp3) is 0.278. The molecule has 0 N–H and O–H groups in total. The van der Waals surface area contributed by atoms with Crippen LogP contribution in [0.1, 0.15) is 15.9 Å². The van der Waals surface area contributed by atoms with E-state index in [-0.39, 0.29) is 29.5 Å². The molecule has 0 unspecified atom stereocenters. The third-order valence-electron chi connectivity index (χ3n) is 3.86. The zero-order valence-corrected chi connectivity index (χ0v) is 15.0. The lowest BCUT2D eigenvalue weighted by atomic mass is 10.1. The minimum absolute atomic E-state index is 0.101. The van der Waals surface area contributed by atoms with Gasteiger partial charge < -0.3 is 19.1 Å². The van der Waals surface area contributed by atoms with Gasteiger partial charge in [-0.2, -0.15) is 0 Å². The van der Waals surface area contributed by atoms with Gasteiger partial charge in [-0.15, -0.1) is 0 Å². The van der Waals surface area contributed by atoms with Gasteiger partial charge >= 0.3 is 5.69 Å². The Morgan fingerprint density at radius 1 is 1.08 bits per heavy atom. The number of nitrogens with zero attached hydrogens (tertiary/aromatic N) is 2. The summed E-state index contributed by atoms with van der Waals surface area (Å²) in [6.45, 7) is 0.249. The molecule has 138 valence electrons. The number of hydrogen-bond acceptors (Lipinski definition) is 6. The van der Waals surface area contributed by atoms with E-state index in [0.717, 1.165) is 5.56 Å². The normalized spacial score (nSPS) is 10.2. The third kappa shape index (κ3) is 3.85. The smallest absolute Gasteiger partial charge is 0.311 e. The van der Waals surface area contributed by atoms with Crippen molar-refractivity contribution < 1.29 is 23.9 Å². The molecule has 0 bridgehead atoms. The maximum atomic E-state index is 12.7. The Morgan fingerprint density at radius 3 is 2.35 bits per heavy atom. The maximum Gasteiger partial charge on any atom is 0.311 e. The number of para-hydroxylation sites is 1. The average molecular weight is 360 g/mol. The zero-order chi connectivity index (χ0) is 19.3. The second kappa shape index (κ2) is 8.19. The van der Waals surface area contributed by atoms with Crippen LogP contribution in [0.2, 0.25) is 0 Å². The standard InChI is InChI=1S/C18H20N2O6/c1-19(11-13-6-5-7-16(25-3)17(13)26-4)18(21)12-8-9-15(24-2)14(10-12)20(22)23/h5-10H,11H2,1-4H3. The molecule has 0 saturated heterocycles. The van der Waals surface area contributed by atoms with Gasteiger partial charge in [0.1, 0.15) is 0 Å². The van der Waals surface area contributed by atoms with Crippen LogP contribution in [0, 0.1) is 10.1 Å². The van der Waals surface area contributed by atoms with E-state index < -0.39 is 4.92 Å². The van der Waals surface area contributed by atoms with E-state index in [1.165, 1.54) is 44.4 Å². The highest BCUT2D eigenvalue weighted by molar-refractivity contribution is 5.95. The lowest BCUT2D eigenvalue weighted by Gasteiger charge is -2.20. The molecule has 8 nitrogen and oxygen atoms in total. The van der Waals surface area contributed by atoms with Gasteiger partial charge in [-0.3, -0.25) is 14.9 Å². The molecular formula is C18H20N2O6. The van der Waals surface area contributed by atoms with Crippen molar-refractivity contribution in [2.24, 2.45) is 0 Å². The van der Waals surface area contributed by atoms with E-state index in [0.29, 0.717) is 11.5 Å². The van der Waals surface area contributed by atoms with E-state index in [1.807, 2.05) is 6.07 Å². The number of ether oxygens (including phenoxy) is 3. The molecule has 0 aliphatic carbocycles. The van der Waals surface area contributed by atoms with E-state index in [9.17, 15) is 14.9 Å². The number of nitro benzene ring substituents is 1. The maximum absolute atomic E-state index is 12.7. The molecule has 0 atom stereocenters. The number of carbonyl (C=O) groups is 1. The van der Waals surface area contributed by atoms with Gasteiger partial charge in [-0.25, -0.2) is 0 Å². The first-order valence-electron chi connectivity index (χ1n) is 7.70. The SMILES string of the molecule is COc1ccc(C(=O)N(C)Cc2cccc(OC)c2OC)cc1[N+](=O)[O-]. The minimum atomic E-state index is -0.583. The highest BCUT2D eigenvalue weighted by Gasteiger charge is 2.21. The summed E-state index contributed by atoms with van der Waals surface area (Å²) in [6, 6.07) is 9.49. The molecule has 0 fully saturated rings. The molecule has 2 aromatic rings. The molecule has 26 heavy (non-hydrogen) atoms. The summed E-state index contributed by atoms with van der Waals surface area (Å²) in [6.07, 6.45) is 0. The van der Waals surface area contributed by atoms with Crippen LogP contribution in [0.15, 0.2) is 36.4 Å². The van der Waals surface area contributed by atoms with Crippen LogP contribution in [0.25, 0.3) is 0 Å². The quantitative estimate of drug-likeness (QED) is 0.557. The summed E-state index contributed by atoms with van der Waals surface area (Å²) >= 11 is 0. The monoisotopic (exact) mass is 360 g/mol. The topological polar surface area (TPSA) is 91.1 Å². The molecule has 0 aromatic heterocycles. The summed E-state index contributed by atoms with van der Waals surface area (Å²) in [5.74, 6) is 0.839. The fourth-order valence-corrected chi connectivity index (χ4v) is 2.59. The van der Waals surface area contributed by atoms with Crippen molar-refractivity contribution in [1.82, 2.24) is 4.90 Å². The Morgan fingerprint density at radius 2 is 1.77 bits per heavy atom. The van der Waals surface area contributed by atoms with E-state index >= 15 is 0 Å². The molecule has 0 spiro atoms. The minimum Gasteiger partial charge on any atom is -0.493 e. The molecule has 0 aliphatic rings. The van der Waals surface area contributed by atoms with Crippen molar-refractivity contribution in [2.45, 2.75) is 6.54 Å². The molecule has 0 radical (unpaired) electrons. The van der Waals surface area contributed by atoms with Crippen molar-refractivity contribution in [3.05, 3.63) is 57.6 Å². The number of rotatable bonds is 7. The summed E-state index contributed by atoms with van der Waals surface area (Å²) in [7, 11) is 6.01. The molecule has 2 aromatic carbocycles. The van der Waals surface area contributed by atoms with E-state index in [4.69, 9.17) is 14.2 Å². The van der Waals surface area contributed by atoms with Crippen molar-refractivity contribution in [2.75, 3.05) is 28.4 Å². The van der Waals surface area contributed by atoms with Crippen LogP contribution in [0.3, 0.4) is 0 Å². The van der Waals surface area contributed by atoms with E-state index in [1.54, 1.807) is 19.2 Å².